The molecule has 45 heavy (non-hydrogen) atoms. The predicted molar refractivity (Wildman–Crippen MR) is 163 cm³/mol. The summed E-state index contributed by atoms with van der Waals surface area (Å²) in [5.74, 6) is -2.07. The van der Waals surface area contributed by atoms with Gasteiger partial charge < -0.3 is 24.4 Å². The SMILES string of the molecule is C[C@H](O)COc1ccc(C#N)c(-c2c(Cl)c(F)cc3c2C[C@](c2ccccc2)(C2CC(C)(O)CN2C(=O)OC(C)(C)C)O3)c1F. The van der Waals surface area contributed by atoms with E-state index in [9.17, 15) is 20.3 Å². The number of likely N-dealkylation sites (tertiary alicyclic amines) is 1. The van der Waals surface area contributed by atoms with Crippen LogP contribution in [0.15, 0.2) is 48.5 Å². The Morgan fingerprint density at radius 2 is 1.91 bits per heavy atom. The first kappa shape index (κ1) is 32.5. The zero-order chi connectivity index (χ0) is 32.9. The monoisotopic (exact) mass is 640 g/mol. The van der Waals surface area contributed by atoms with Crippen molar-refractivity contribution in [2.24, 2.45) is 0 Å². The van der Waals surface area contributed by atoms with Crippen LogP contribution < -0.4 is 9.47 Å². The van der Waals surface area contributed by atoms with Crippen LogP contribution in [-0.4, -0.2) is 57.7 Å². The Morgan fingerprint density at radius 1 is 1.22 bits per heavy atom. The summed E-state index contributed by atoms with van der Waals surface area (Å²) in [6, 6.07) is 13.8. The highest BCUT2D eigenvalue weighted by molar-refractivity contribution is 6.34. The average molecular weight is 641 g/mol. The van der Waals surface area contributed by atoms with Gasteiger partial charge in [0.25, 0.3) is 0 Å². The molecule has 2 N–H and O–H groups in total. The number of aliphatic hydroxyl groups is 2. The van der Waals surface area contributed by atoms with Gasteiger partial charge in [-0.1, -0.05) is 41.9 Å². The van der Waals surface area contributed by atoms with Crippen molar-refractivity contribution in [2.75, 3.05) is 13.2 Å². The summed E-state index contributed by atoms with van der Waals surface area (Å²) < 4.78 is 49.6. The molecule has 0 aromatic heterocycles. The Labute approximate surface area is 265 Å². The molecule has 0 aliphatic carbocycles. The van der Waals surface area contributed by atoms with E-state index in [1.54, 1.807) is 52.0 Å². The van der Waals surface area contributed by atoms with Gasteiger partial charge in [-0.2, -0.15) is 5.26 Å². The Morgan fingerprint density at radius 3 is 2.53 bits per heavy atom. The molecule has 0 radical (unpaired) electrons. The fourth-order valence-electron chi connectivity index (χ4n) is 6.14. The van der Waals surface area contributed by atoms with E-state index in [-0.39, 0.29) is 54.2 Å². The molecule has 0 bridgehead atoms. The molecule has 1 saturated heterocycles. The minimum absolute atomic E-state index is 0.0230. The molecule has 5 rings (SSSR count). The lowest BCUT2D eigenvalue weighted by Crippen LogP contribution is -2.53. The molecular weight excluding hydrogens is 606 g/mol. The molecule has 2 unspecified atom stereocenters. The van der Waals surface area contributed by atoms with Gasteiger partial charge in [0.2, 0.25) is 0 Å². The second kappa shape index (κ2) is 11.8. The number of nitrogens with zero attached hydrogens (tertiary/aromatic N) is 2. The Kier molecular flexibility index (Phi) is 8.51. The van der Waals surface area contributed by atoms with Crippen LogP contribution in [0.3, 0.4) is 0 Å². The van der Waals surface area contributed by atoms with Crippen molar-refractivity contribution in [2.45, 2.75) is 76.4 Å². The zero-order valence-corrected chi connectivity index (χ0v) is 26.4. The smallest absolute Gasteiger partial charge is 0.410 e. The first-order chi connectivity index (χ1) is 21.1. The molecule has 2 aliphatic heterocycles. The Balaban J connectivity index is 1.72. The first-order valence-electron chi connectivity index (χ1n) is 14.6. The lowest BCUT2D eigenvalue weighted by atomic mass is 9.78. The van der Waals surface area contributed by atoms with Gasteiger partial charge >= 0.3 is 6.09 Å². The fourth-order valence-corrected chi connectivity index (χ4v) is 6.40. The molecule has 1 amide bonds. The van der Waals surface area contributed by atoms with Crippen molar-refractivity contribution in [1.29, 1.82) is 5.26 Å². The van der Waals surface area contributed by atoms with E-state index in [2.05, 4.69) is 0 Å². The number of hydrogen-bond donors (Lipinski definition) is 2. The molecule has 11 heteroatoms. The molecule has 3 aromatic rings. The number of fused-ring (bicyclic) bond motifs is 1. The van der Waals surface area contributed by atoms with Crippen molar-refractivity contribution in [1.82, 2.24) is 4.90 Å². The van der Waals surface area contributed by atoms with E-state index in [4.69, 9.17) is 25.8 Å². The van der Waals surface area contributed by atoms with Crippen molar-refractivity contribution < 1.29 is 38.0 Å². The number of carbonyl (C=O) groups excluding carboxylic acids is 1. The lowest BCUT2D eigenvalue weighted by molar-refractivity contribution is -0.0216. The van der Waals surface area contributed by atoms with E-state index < -0.39 is 51.7 Å². The van der Waals surface area contributed by atoms with Crippen molar-refractivity contribution in [3.05, 3.63) is 81.9 Å². The van der Waals surface area contributed by atoms with Gasteiger partial charge in [-0.15, -0.1) is 0 Å². The molecule has 8 nitrogen and oxygen atoms in total. The van der Waals surface area contributed by atoms with Crippen molar-refractivity contribution in [3.8, 4) is 28.7 Å². The normalized spacial score (nSPS) is 23.2. The van der Waals surface area contributed by atoms with E-state index in [0.717, 1.165) is 6.07 Å². The number of halogens is 3. The number of amides is 1. The topological polar surface area (TPSA) is 112 Å². The Hall–Kier alpha value is -3.91. The third-order valence-electron chi connectivity index (χ3n) is 7.92. The summed E-state index contributed by atoms with van der Waals surface area (Å²) >= 11 is 6.58. The molecule has 0 saturated carbocycles. The Bertz CT molecular complexity index is 1670. The largest absolute Gasteiger partial charge is 0.488 e. The van der Waals surface area contributed by atoms with E-state index >= 15 is 8.78 Å². The van der Waals surface area contributed by atoms with Gasteiger partial charge in [0.1, 0.15) is 23.8 Å². The summed E-state index contributed by atoms with van der Waals surface area (Å²) in [5.41, 5.74) is -3.10. The number of ether oxygens (including phenoxy) is 3. The maximum absolute atomic E-state index is 16.2. The van der Waals surface area contributed by atoms with E-state index in [0.29, 0.717) is 11.1 Å². The number of benzene rings is 3. The molecule has 238 valence electrons. The maximum atomic E-state index is 16.2. The minimum atomic E-state index is -1.39. The van der Waals surface area contributed by atoms with Crippen molar-refractivity contribution in [3.63, 3.8) is 0 Å². The molecule has 2 aliphatic rings. The van der Waals surface area contributed by atoms with Crippen LogP contribution in [0.5, 0.6) is 11.5 Å². The predicted octanol–water partition coefficient (Wildman–Crippen LogP) is 6.51. The number of carbonyl (C=O) groups is 1. The number of β-amino-alcohol motifs (C(OH)–C–C–N with tert-alkyl or cyclic N) is 1. The van der Waals surface area contributed by atoms with E-state index in [1.807, 2.05) is 12.1 Å². The molecule has 3 aromatic carbocycles. The van der Waals surface area contributed by atoms with Gasteiger partial charge in [0, 0.05) is 35.6 Å². The number of hydrogen-bond acceptors (Lipinski definition) is 7. The molecule has 4 atom stereocenters. The maximum Gasteiger partial charge on any atom is 0.410 e. The quantitative estimate of drug-likeness (QED) is 0.316. The number of nitriles is 1. The zero-order valence-electron chi connectivity index (χ0n) is 25.7. The summed E-state index contributed by atoms with van der Waals surface area (Å²) in [7, 11) is 0. The van der Waals surface area contributed by atoms with Crippen LogP contribution in [0.2, 0.25) is 5.02 Å². The summed E-state index contributed by atoms with van der Waals surface area (Å²) in [6.45, 7) is 8.01. The highest BCUT2D eigenvalue weighted by Gasteiger charge is 2.58. The van der Waals surface area contributed by atoms with Crippen LogP contribution in [-0.2, 0) is 16.8 Å². The highest BCUT2D eigenvalue weighted by atomic mass is 35.5. The molecule has 0 spiro atoms. The first-order valence-corrected chi connectivity index (χ1v) is 15.0. The molecular formula is C34H35ClF2N2O6. The van der Waals surface area contributed by atoms with Crippen LogP contribution in [0, 0.1) is 23.0 Å². The standard InChI is InChI=1S/C34H35ClF2N2O6/c1-19(40)17-43-24-12-11-20(16-38)27(30(24)37)28-22-14-34(21-9-7-6-8-10-21,44-25(22)13-23(36)29(28)35)26-15-33(5,42)18-39(26)31(41)45-32(2,3)4/h6-13,19,26,40,42H,14-15,17-18H2,1-5H3/t19-,26?,33?,34-/m0/s1. The number of rotatable bonds is 6. The summed E-state index contributed by atoms with van der Waals surface area (Å²) in [4.78, 5) is 15.0. The van der Waals surface area contributed by atoms with Gasteiger partial charge in [-0.25, -0.2) is 13.6 Å². The van der Waals surface area contributed by atoms with Gasteiger partial charge in [0.05, 0.1) is 40.9 Å². The van der Waals surface area contributed by atoms with Crippen LogP contribution in [0.4, 0.5) is 13.6 Å². The molecule has 1 fully saturated rings. The van der Waals surface area contributed by atoms with Gasteiger partial charge in [-0.05, 0) is 52.3 Å². The third-order valence-corrected chi connectivity index (χ3v) is 8.29. The van der Waals surface area contributed by atoms with Crippen LogP contribution in [0.25, 0.3) is 11.1 Å². The van der Waals surface area contributed by atoms with Crippen LogP contribution >= 0.6 is 11.6 Å². The molecule has 2 heterocycles. The third kappa shape index (κ3) is 6.17. The average Bonchev–Trinajstić information content (AvgIpc) is 3.51. The highest BCUT2D eigenvalue weighted by Crippen LogP contribution is 2.54. The second-order valence-electron chi connectivity index (χ2n) is 13.0. The lowest BCUT2D eigenvalue weighted by Gasteiger charge is -2.40. The van der Waals surface area contributed by atoms with Crippen LogP contribution in [0.1, 0.15) is 57.7 Å². The fraction of sp³-hybridized carbons (Fsp3) is 0.412. The summed E-state index contributed by atoms with van der Waals surface area (Å²) in [5, 5.41) is 30.5. The van der Waals surface area contributed by atoms with Gasteiger partial charge in [-0.3, -0.25) is 4.90 Å². The second-order valence-corrected chi connectivity index (χ2v) is 13.3. The van der Waals surface area contributed by atoms with Crippen molar-refractivity contribution >= 4 is 17.7 Å². The summed E-state index contributed by atoms with van der Waals surface area (Å²) in [6.07, 6.45) is -1.50. The minimum Gasteiger partial charge on any atom is -0.488 e. The van der Waals surface area contributed by atoms with E-state index in [1.165, 1.54) is 24.0 Å². The van der Waals surface area contributed by atoms with Gasteiger partial charge in [0.15, 0.2) is 17.2 Å². The number of aliphatic hydroxyl groups excluding tert-OH is 1.